The second kappa shape index (κ2) is 16.4. The number of hydrogen-bond acceptors (Lipinski definition) is 0. The van der Waals surface area contributed by atoms with E-state index in [1.54, 1.807) is 0 Å². The van der Waals surface area contributed by atoms with E-state index in [1.165, 1.54) is 101 Å². The molecule has 0 radical (unpaired) electrons. The molecule has 0 spiro atoms. The van der Waals surface area contributed by atoms with E-state index < -0.39 is 0 Å². The highest BCUT2D eigenvalue weighted by Gasteiger charge is 2.20. The van der Waals surface area contributed by atoms with Crippen LogP contribution in [0.1, 0.15) is 126 Å². The third kappa shape index (κ3) is 10.9. The molecule has 0 saturated heterocycles. The van der Waals surface area contributed by atoms with E-state index in [2.05, 4.69) is 86.4 Å². The monoisotopic (exact) mass is 468 g/mol. The average Bonchev–Trinajstić information content (AvgIpc) is 2.90. The number of hydrogen-bond donors (Lipinski definition) is 0. The minimum Gasteiger partial charge on any atom is -0.0840 e. The summed E-state index contributed by atoms with van der Waals surface area (Å²) in [5, 5.41) is 0. The molecule has 0 N–H and O–H groups in total. The summed E-state index contributed by atoms with van der Waals surface area (Å²) in [6.45, 7) is 4.51. The molecular formula is C35H48. The number of rotatable bonds is 13. The summed E-state index contributed by atoms with van der Waals surface area (Å²) >= 11 is 0. The molecule has 0 nitrogen and oxygen atoms in total. The van der Waals surface area contributed by atoms with Gasteiger partial charge in [-0.2, -0.15) is 0 Å². The molecule has 0 aliphatic heterocycles. The Hall–Kier alpha value is -2.26. The minimum atomic E-state index is 0.940. The number of allylic oxidation sites excluding steroid dienone is 1. The molecule has 1 aliphatic rings. The van der Waals surface area contributed by atoms with Crippen LogP contribution in [0.3, 0.4) is 0 Å². The fourth-order valence-electron chi connectivity index (χ4n) is 5.36. The van der Waals surface area contributed by atoms with E-state index in [9.17, 15) is 0 Å². The third-order valence-electron chi connectivity index (χ3n) is 7.75. The van der Waals surface area contributed by atoms with Crippen molar-refractivity contribution in [2.75, 3.05) is 0 Å². The second-order valence-corrected chi connectivity index (χ2v) is 10.7. The van der Waals surface area contributed by atoms with Gasteiger partial charge in [-0.15, -0.1) is 0 Å². The molecular weight excluding hydrogens is 420 g/mol. The van der Waals surface area contributed by atoms with Crippen LogP contribution < -0.4 is 0 Å². The first-order valence-electron chi connectivity index (χ1n) is 14.6. The summed E-state index contributed by atoms with van der Waals surface area (Å²) in [6.07, 6.45) is 25.3. The first-order chi connectivity index (χ1) is 17.3. The van der Waals surface area contributed by atoms with Crippen LogP contribution in [0, 0.1) is 23.7 Å². The van der Waals surface area contributed by atoms with Crippen molar-refractivity contribution in [1.29, 1.82) is 0 Å². The zero-order valence-electron chi connectivity index (χ0n) is 22.5. The van der Waals surface area contributed by atoms with Crippen molar-refractivity contribution in [3.8, 4) is 11.8 Å². The Labute approximate surface area is 216 Å². The molecule has 0 heterocycles. The predicted molar refractivity (Wildman–Crippen MR) is 155 cm³/mol. The Morgan fingerprint density at radius 3 is 1.86 bits per heavy atom. The molecule has 3 rings (SSSR count). The van der Waals surface area contributed by atoms with Crippen LogP contribution in [0.25, 0.3) is 6.08 Å². The van der Waals surface area contributed by atoms with E-state index in [-0.39, 0.29) is 0 Å². The lowest BCUT2D eigenvalue weighted by Gasteiger charge is -2.28. The van der Waals surface area contributed by atoms with Crippen molar-refractivity contribution in [3.63, 3.8) is 0 Å². The third-order valence-corrected chi connectivity index (χ3v) is 7.75. The van der Waals surface area contributed by atoms with E-state index in [4.69, 9.17) is 0 Å². The SMILES string of the molecule is CCC/C=C/c1ccc(C#Cc2ccc(CCC3CCC(CCCCCCCC)CC3)cc2)cc1. The molecule has 0 bridgehead atoms. The van der Waals surface area contributed by atoms with Crippen LogP contribution >= 0.6 is 0 Å². The van der Waals surface area contributed by atoms with E-state index in [0.29, 0.717) is 0 Å². The van der Waals surface area contributed by atoms with Crippen molar-refractivity contribution in [2.24, 2.45) is 11.8 Å². The summed E-state index contributed by atoms with van der Waals surface area (Å²) in [5.41, 5.74) is 4.90. The number of aryl methyl sites for hydroxylation is 1. The van der Waals surface area contributed by atoms with Crippen molar-refractivity contribution in [3.05, 3.63) is 76.9 Å². The van der Waals surface area contributed by atoms with Crippen molar-refractivity contribution in [1.82, 2.24) is 0 Å². The first kappa shape index (κ1) is 27.3. The van der Waals surface area contributed by atoms with Gasteiger partial charge in [0.25, 0.3) is 0 Å². The molecule has 1 fully saturated rings. The van der Waals surface area contributed by atoms with Crippen molar-refractivity contribution >= 4 is 6.08 Å². The second-order valence-electron chi connectivity index (χ2n) is 10.7. The maximum Gasteiger partial charge on any atom is 0.0249 e. The maximum atomic E-state index is 3.33. The Morgan fingerprint density at radius 2 is 1.23 bits per heavy atom. The topological polar surface area (TPSA) is 0 Å². The Bertz CT molecular complexity index is 895. The van der Waals surface area contributed by atoms with Gasteiger partial charge < -0.3 is 0 Å². The van der Waals surface area contributed by atoms with Crippen molar-refractivity contribution in [2.45, 2.75) is 110 Å². The van der Waals surface area contributed by atoms with Gasteiger partial charge in [-0.05, 0) is 66.5 Å². The lowest BCUT2D eigenvalue weighted by molar-refractivity contribution is 0.248. The van der Waals surface area contributed by atoms with Crippen LogP contribution in [0.15, 0.2) is 54.6 Å². The lowest BCUT2D eigenvalue weighted by atomic mass is 9.77. The van der Waals surface area contributed by atoms with Crippen LogP contribution in [-0.2, 0) is 6.42 Å². The number of unbranched alkanes of at least 4 members (excludes halogenated alkanes) is 6. The molecule has 0 unspecified atom stereocenters. The van der Waals surface area contributed by atoms with E-state index in [1.807, 2.05) is 0 Å². The molecule has 2 aromatic carbocycles. The molecule has 1 aliphatic carbocycles. The van der Waals surface area contributed by atoms with Gasteiger partial charge in [-0.25, -0.2) is 0 Å². The summed E-state index contributed by atoms with van der Waals surface area (Å²) in [4.78, 5) is 0. The average molecular weight is 469 g/mol. The van der Waals surface area contributed by atoms with E-state index in [0.717, 1.165) is 29.4 Å². The van der Waals surface area contributed by atoms with Crippen LogP contribution in [0.2, 0.25) is 0 Å². The highest BCUT2D eigenvalue weighted by molar-refractivity contribution is 5.52. The molecule has 0 atom stereocenters. The van der Waals surface area contributed by atoms with Gasteiger partial charge in [0.05, 0.1) is 0 Å². The summed E-state index contributed by atoms with van der Waals surface area (Å²) < 4.78 is 0. The Kier molecular flexibility index (Phi) is 12.8. The van der Waals surface area contributed by atoms with Crippen LogP contribution in [-0.4, -0.2) is 0 Å². The van der Waals surface area contributed by atoms with Gasteiger partial charge in [-0.3, -0.25) is 0 Å². The molecule has 0 aromatic heterocycles. The van der Waals surface area contributed by atoms with E-state index >= 15 is 0 Å². The molecule has 0 heteroatoms. The lowest BCUT2D eigenvalue weighted by Crippen LogP contribution is -2.15. The van der Waals surface area contributed by atoms with Gasteiger partial charge in [0.2, 0.25) is 0 Å². The summed E-state index contributed by atoms with van der Waals surface area (Å²) in [5.74, 6) is 8.61. The minimum absolute atomic E-state index is 0.940. The maximum absolute atomic E-state index is 3.33. The highest BCUT2D eigenvalue weighted by Crippen LogP contribution is 2.34. The zero-order valence-corrected chi connectivity index (χ0v) is 22.5. The van der Waals surface area contributed by atoms with Gasteiger partial charge in [-0.1, -0.05) is 139 Å². The number of benzene rings is 2. The molecule has 0 amide bonds. The zero-order chi connectivity index (χ0) is 24.6. The standard InChI is InChI=1S/C35H48/c1-3-5-7-8-9-11-13-31-16-20-33(21-17-31)23-25-35-28-26-34(27-29-35)24-22-32-18-14-30(15-19-32)12-10-6-4-2/h10,12,14-15,18-19,26-29,31,33H,3-9,11,13,16-17,20-21,23,25H2,1-2H3/b12-10+. The van der Waals surface area contributed by atoms with Crippen LogP contribution in [0.5, 0.6) is 0 Å². The van der Waals surface area contributed by atoms with Gasteiger partial charge >= 0.3 is 0 Å². The normalized spacial score (nSPS) is 17.9. The summed E-state index contributed by atoms with van der Waals surface area (Å²) in [7, 11) is 0. The fourth-order valence-corrected chi connectivity index (χ4v) is 5.36. The Morgan fingerprint density at radius 1 is 0.657 bits per heavy atom. The predicted octanol–water partition coefficient (Wildman–Crippen LogP) is 10.4. The molecule has 2 aromatic rings. The van der Waals surface area contributed by atoms with Gasteiger partial charge in [0.1, 0.15) is 0 Å². The van der Waals surface area contributed by atoms with Gasteiger partial charge in [0.15, 0.2) is 0 Å². The summed E-state index contributed by atoms with van der Waals surface area (Å²) in [6, 6.07) is 17.5. The quantitative estimate of drug-likeness (QED) is 0.202. The Balaban J connectivity index is 1.34. The molecule has 35 heavy (non-hydrogen) atoms. The van der Waals surface area contributed by atoms with Crippen molar-refractivity contribution < 1.29 is 0 Å². The van der Waals surface area contributed by atoms with Crippen LogP contribution in [0.4, 0.5) is 0 Å². The smallest absolute Gasteiger partial charge is 0.0249 e. The highest BCUT2D eigenvalue weighted by atomic mass is 14.3. The molecule has 188 valence electrons. The first-order valence-corrected chi connectivity index (χ1v) is 14.6. The fraction of sp³-hybridized carbons (Fsp3) is 0.543. The largest absolute Gasteiger partial charge is 0.0840 e. The van der Waals surface area contributed by atoms with Gasteiger partial charge in [0, 0.05) is 11.1 Å². The molecule has 1 saturated carbocycles.